The average Bonchev–Trinajstić information content (AvgIpc) is 3.34. The highest BCUT2D eigenvalue weighted by Crippen LogP contribution is 2.34. The molecule has 1 aliphatic rings. The number of carbonyl (C=O) groups excluding carboxylic acids is 2. The molecule has 0 radical (unpaired) electrons. The molecule has 0 spiro atoms. The van der Waals surface area contributed by atoms with E-state index in [9.17, 15) is 9.59 Å². The number of thioether (sulfide) groups is 1. The number of carbonyl (C=O) groups is 2. The molecule has 34 heavy (non-hydrogen) atoms. The number of rotatable bonds is 9. The van der Waals surface area contributed by atoms with E-state index in [-0.39, 0.29) is 37.2 Å². The molecule has 172 valence electrons. The van der Waals surface area contributed by atoms with Gasteiger partial charge in [-0.2, -0.15) is 5.26 Å². The van der Waals surface area contributed by atoms with Crippen LogP contribution in [0, 0.1) is 11.3 Å². The second kappa shape index (κ2) is 11.1. The number of nitriles is 1. The van der Waals surface area contributed by atoms with Crippen molar-refractivity contribution in [1.82, 2.24) is 4.98 Å². The summed E-state index contributed by atoms with van der Waals surface area (Å²) in [5, 5.41) is 12.0. The fraction of sp³-hybridized carbons (Fsp3) is 0.167. The highest BCUT2D eigenvalue weighted by atomic mass is 32.2. The van der Waals surface area contributed by atoms with Crippen LogP contribution in [0.25, 0.3) is 0 Å². The molecule has 0 aliphatic carbocycles. The van der Waals surface area contributed by atoms with E-state index in [1.54, 1.807) is 60.8 Å². The maximum absolute atomic E-state index is 12.5. The van der Waals surface area contributed by atoms with Gasteiger partial charge in [0.1, 0.15) is 24.0 Å². The Morgan fingerprint density at radius 1 is 1.09 bits per heavy atom. The predicted molar refractivity (Wildman–Crippen MR) is 123 cm³/mol. The van der Waals surface area contributed by atoms with Gasteiger partial charge in [0.15, 0.2) is 11.5 Å². The van der Waals surface area contributed by atoms with Crippen LogP contribution in [-0.4, -0.2) is 42.6 Å². The average molecular weight is 477 g/mol. The Morgan fingerprint density at radius 3 is 2.74 bits per heavy atom. The highest BCUT2D eigenvalue weighted by Gasteiger charge is 2.17. The Balaban J connectivity index is 1.25. The molecule has 0 atom stereocenters. The summed E-state index contributed by atoms with van der Waals surface area (Å²) in [4.78, 5) is 29.1. The molecule has 1 amide bonds. The van der Waals surface area contributed by atoms with Gasteiger partial charge in [-0.1, -0.05) is 11.8 Å². The largest absolute Gasteiger partial charge is 0.490 e. The molecular weight excluding hydrogens is 458 g/mol. The van der Waals surface area contributed by atoms with Crippen LogP contribution in [0.5, 0.6) is 17.2 Å². The zero-order valence-corrected chi connectivity index (χ0v) is 18.7. The molecule has 0 unspecified atom stereocenters. The lowest BCUT2D eigenvalue weighted by atomic mass is 10.2. The summed E-state index contributed by atoms with van der Waals surface area (Å²) in [6.45, 7) is 0.337. The van der Waals surface area contributed by atoms with E-state index in [0.717, 1.165) is 11.8 Å². The van der Waals surface area contributed by atoms with E-state index in [4.69, 9.17) is 24.2 Å². The summed E-state index contributed by atoms with van der Waals surface area (Å²) in [6.07, 6.45) is 1.54. The van der Waals surface area contributed by atoms with Gasteiger partial charge in [-0.3, -0.25) is 4.79 Å². The normalized spacial score (nSPS) is 11.4. The molecule has 3 aromatic rings. The van der Waals surface area contributed by atoms with E-state index < -0.39 is 5.97 Å². The zero-order valence-electron chi connectivity index (χ0n) is 17.9. The molecule has 4 rings (SSSR count). The number of hydrogen-bond acceptors (Lipinski definition) is 9. The van der Waals surface area contributed by atoms with Gasteiger partial charge in [-0.15, -0.1) is 0 Å². The minimum Gasteiger partial charge on any atom is -0.490 e. The lowest BCUT2D eigenvalue weighted by Gasteiger charge is -2.10. The zero-order chi connectivity index (χ0) is 23.8. The first-order chi connectivity index (χ1) is 16.6. The number of amides is 1. The number of fused-ring (bicyclic) bond motifs is 1. The van der Waals surface area contributed by atoms with Crippen molar-refractivity contribution in [2.75, 3.05) is 31.1 Å². The molecule has 0 fully saturated rings. The van der Waals surface area contributed by atoms with Crippen LogP contribution in [0.2, 0.25) is 0 Å². The number of ether oxygens (including phenoxy) is 4. The molecule has 0 saturated heterocycles. The SMILES string of the molecule is N#Cc1ccc(OCCOC(=O)c2cccnc2SCC(=O)Nc2ccc3c(c2)OCO3)cc1. The Bertz CT molecular complexity index is 1230. The van der Waals surface area contributed by atoms with Crippen molar-refractivity contribution in [3.05, 3.63) is 71.9 Å². The summed E-state index contributed by atoms with van der Waals surface area (Å²) < 4.78 is 21.4. The molecule has 2 heterocycles. The first-order valence-corrected chi connectivity index (χ1v) is 11.2. The van der Waals surface area contributed by atoms with Gasteiger partial charge in [0.25, 0.3) is 0 Å². The summed E-state index contributed by atoms with van der Waals surface area (Å²) in [5.74, 6) is 1.00. The fourth-order valence-corrected chi connectivity index (χ4v) is 3.75. The predicted octanol–water partition coefficient (Wildman–Crippen LogP) is 3.65. The maximum Gasteiger partial charge on any atom is 0.341 e. The molecule has 0 saturated carbocycles. The smallest absolute Gasteiger partial charge is 0.341 e. The van der Waals surface area contributed by atoms with Crippen LogP contribution in [0.1, 0.15) is 15.9 Å². The maximum atomic E-state index is 12.5. The highest BCUT2D eigenvalue weighted by molar-refractivity contribution is 8.00. The number of aromatic nitrogens is 1. The van der Waals surface area contributed by atoms with Crippen molar-refractivity contribution < 1.29 is 28.5 Å². The number of nitrogens with one attached hydrogen (secondary N) is 1. The second-order valence-electron chi connectivity index (χ2n) is 6.88. The number of anilines is 1. The van der Waals surface area contributed by atoms with Crippen LogP contribution in [-0.2, 0) is 9.53 Å². The number of nitrogens with zero attached hydrogens (tertiary/aromatic N) is 2. The monoisotopic (exact) mass is 477 g/mol. The summed E-state index contributed by atoms with van der Waals surface area (Å²) in [6, 6.07) is 17.0. The molecular formula is C24H19N3O6S. The van der Waals surface area contributed by atoms with E-state index in [1.807, 2.05) is 6.07 Å². The quantitative estimate of drug-likeness (QED) is 0.280. The van der Waals surface area contributed by atoms with Gasteiger partial charge in [-0.25, -0.2) is 9.78 Å². The number of benzene rings is 2. The molecule has 0 bridgehead atoms. The molecule has 2 aromatic carbocycles. The molecule has 10 heteroatoms. The third-order valence-electron chi connectivity index (χ3n) is 4.56. The standard InChI is InChI=1S/C24H19N3O6S/c25-13-16-3-6-18(7-4-16)30-10-11-31-24(29)19-2-1-9-26-23(19)34-14-22(28)27-17-5-8-20-21(12-17)33-15-32-20/h1-9,12H,10-11,14-15H2,(H,27,28). The van der Waals surface area contributed by atoms with Gasteiger partial charge in [-0.05, 0) is 48.5 Å². The Labute approximate surface area is 199 Å². The van der Waals surface area contributed by atoms with Crippen LogP contribution in [0.4, 0.5) is 5.69 Å². The fourth-order valence-electron chi connectivity index (χ4n) is 2.96. The number of esters is 1. The Hall–Kier alpha value is -4.23. The lowest BCUT2D eigenvalue weighted by molar-refractivity contribution is -0.113. The van der Waals surface area contributed by atoms with Gasteiger partial charge < -0.3 is 24.3 Å². The Morgan fingerprint density at radius 2 is 1.91 bits per heavy atom. The van der Waals surface area contributed by atoms with Crippen molar-refractivity contribution in [1.29, 1.82) is 5.26 Å². The number of hydrogen-bond donors (Lipinski definition) is 1. The van der Waals surface area contributed by atoms with Crippen molar-refractivity contribution in [3.63, 3.8) is 0 Å². The van der Waals surface area contributed by atoms with E-state index in [1.165, 1.54) is 0 Å². The summed E-state index contributed by atoms with van der Waals surface area (Å²) >= 11 is 1.13. The lowest BCUT2D eigenvalue weighted by Crippen LogP contribution is -2.16. The molecule has 1 N–H and O–H groups in total. The van der Waals surface area contributed by atoms with Crippen LogP contribution in [0.3, 0.4) is 0 Å². The minimum absolute atomic E-state index is 0.0302. The molecule has 1 aliphatic heterocycles. The molecule has 9 nitrogen and oxygen atoms in total. The minimum atomic E-state index is -0.560. The Kier molecular flexibility index (Phi) is 7.47. The first-order valence-electron chi connectivity index (χ1n) is 10.2. The third kappa shape index (κ3) is 5.96. The number of pyridine rings is 1. The van der Waals surface area contributed by atoms with Crippen molar-refractivity contribution in [3.8, 4) is 23.3 Å². The van der Waals surface area contributed by atoms with Crippen LogP contribution >= 0.6 is 11.8 Å². The topological polar surface area (TPSA) is 120 Å². The van der Waals surface area contributed by atoms with Crippen molar-refractivity contribution in [2.24, 2.45) is 0 Å². The van der Waals surface area contributed by atoms with Gasteiger partial charge in [0.05, 0.1) is 22.9 Å². The van der Waals surface area contributed by atoms with Crippen molar-refractivity contribution >= 4 is 29.3 Å². The van der Waals surface area contributed by atoms with Crippen molar-refractivity contribution in [2.45, 2.75) is 5.03 Å². The second-order valence-corrected chi connectivity index (χ2v) is 7.85. The molecule has 1 aromatic heterocycles. The van der Waals surface area contributed by atoms with Crippen LogP contribution < -0.4 is 19.5 Å². The van der Waals surface area contributed by atoms with Gasteiger partial charge in [0, 0.05) is 18.0 Å². The van der Waals surface area contributed by atoms with E-state index in [2.05, 4.69) is 10.3 Å². The van der Waals surface area contributed by atoms with E-state index in [0.29, 0.717) is 33.5 Å². The first kappa shape index (κ1) is 22.9. The van der Waals surface area contributed by atoms with Crippen LogP contribution in [0.15, 0.2) is 65.8 Å². The van der Waals surface area contributed by atoms with E-state index >= 15 is 0 Å². The summed E-state index contributed by atoms with van der Waals surface area (Å²) in [5.41, 5.74) is 1.38. The van der Waals surface area contributed by atoms with Gasteiger partial charge in [0.2, 0.25) is 12.7 Å². The van der Waals surface area contributed by atoms with Gasteiger partial charge >= 0.3 is 5.97 Å². The third-order valence-corrected chi connectivity index (χ3v) is 5.56. The summed E-state index contributed by atoms with van der Waals surface area (Å²) in [7, 11) is 0.